The lowest BCUT2D eigenvalue weighted by atomic mass is 9.88. The summed E-state index contributed by atoms with van der Waals surface area (Å²) in [5, 5.41) is 0. The van der Waals surface area contributed by atoms with E-state index in [1.807, 2.05) is 0 Å². The summed E-state index contributed by atoms with van der Waals surface area (Å²) in [6.45, 7) is 3.62. The van der Waals surface area contributed by atoms with Crippen LogP contribution in [0.4, 0.5) is 35.5 Å². The molecule has 0 unspecified atom stereocenters. The smallest absolute Gasteiger partial charge is 0.323 e. The third kappa shape index (κ3) is 7.08. The zero-order valence-corrected chi connectivity index (χ0v) is 22.6. The van der Waals surface area contributed by atoms with Crippen molar-refractivity contribution in [2.24, 2.45) is 0 Å². The number of alkyl halides is 6. The van der Waals surface area contributed by atoms with Crippen molar-refractivity contribution < 1.29 is 35.5 Å². The van der Waals surface area contributed by atoms with Gasteiger partial charge in [-0.15, -0.1) is 0 Å². The lowest BCUT2D eigenvalue weighted by Crippen LogP contribution is -2.51. The molecule has 2 atom stereocenters. The Bertz CT molecular complexity index is 1160. The maximum atomic E-state index is 13.9. The van der Waals surface area contributed by atoms with E-state index in [2.05, 4.69) is 4.90 Å². The van der Waals surface area contributed by atoms with Gasteiger partial charge in [-0.1, -0.05) is 18.9 Å². The van der Waals surface area contributed by atoms with E-state index in [0.717, 1.165) is 36.4 Å². The first-order chi connectivity index (χ1) is 18.7. The highest BCUT2D eigenvalue weighted by Gasteiger charge is 2.39. The van der Waals surface area contributed by atoms with Crippen LogP contribution in [0.15, 0.2) is 36.4 Å². The lowest BCUT2D eigenvalue weighted by Gasteiger charge is -2.45. The van der Waals surface area contributed by atoms with Gasteiger partial charge in [0.05, 0.1) is 17.2 Å². The Morgan fingerprint density at radius 1 is 0.900 bits per heavy atom. The normalized spacial score (nSPS) is 21.3. The molecular weight excluding hydrogens is 539 g/mol. The number of carbonyl (C=O) groups excluding carboxylic acids is 1. The summed E-state index contributed by atoms with van der Waals surface area (Å²) < 4.78 is 94.1. The van der Waals surface area contributed by atoms with Crippen LogP contribution in [-0.2, 0) is 18.9 Å². The van der Waals surface area contributed by atoms with Crippen LogP contribution < -0.4 is 0 Å². The third-order valence-corrected chi connectivity index (χ3v) is 7.96. The van der Waals surface area contributed by atoms with Gasteiger partial charge in [-0.25, -0.2) is 9.18 Å². The fraction of sp³-hybridized carbons (Fsp3) is 0.552. The second kappa shape index (κ2) is 12.0. The molecule has 0 aliphatic carbocycles. The summed E-state index contributed by atoms with van der Waals surface area (Å²) in [6.07, 6.45) is -4.11. The van der Waals surface area contributed by atoms with Crippen LogP contribution in [0.3, 0.4) is 0 Å². The van der Waals surface area contributed by atoms with Crippen molar-refractivity contribution in [2.45, 2.75) is 76.4 Å². The molecule has 11 heteroatoms. The highest BCUT2D eigenvalue weighted by atomic mass is 19.4. The number of hydrogen-bond donors (Lipinski definition) is 0. The Kier molecular flexibility index (Phi) is 9.02. The first-order valence-electron chi connectivity index (χ1n) is 13.5. The Morgan fingerprint density at radius 2 is 1.50 bits per heavy atom. The zero-order valence-electron chi connectivity index (χ0n) is 22.6. The van der Waals surface area contributed by atoms with Gasteiger partial charge < -0.3 is 14.7 Å². The van der Waals surface area contributed by atoms with E-state index in [1.165, 1.54) is 32.0 Å². The van der Waals surface area contributed by atoms with Crippen molar-refractivity contribution in [1.29, 1.82) is 0 Å². The van der Waals surface area contributed by atoms with Crippen molar-refractivity contribution in [3.63, 3.8) is 0 Å². The molecule has 0 radical (unpaired) electrons. The first kappa shape index (κ1) is 30.1. The van der Waals surface area contributed by atoms with Crippen LogP contribution in [0.25, 0.3) is 0 Å². The number of nitrogens with zero attached hydrogens (tertiary/aromatic N) is 3. The summed E-state index contributed by atoms with van der Waals surface area (Å²) in [5.74, 6) is -0.402. The molecule has 0 aromatic heterocycles. The molecule has 2 aromatic rings. The van der Waals surface area contributed by atoms with E-state index in [9.17, 15) is 35.5 Å². The molecule has 4 nitrogen and oxygen atoms in total. The summed E-state index contributed by atoms with van der Waals surface area (Å²) in [7, 11) is 1.37. The molecule has 0 saturated carbocycles. The van der Waals surface area contributed by atoms with E-state index in [0.29, 0.717) is 37.1 Å². The minimum atomic E-state index is -4.97. The van der Waals surface area contributed by atoms with E-state index in [1.54, 1.807) is 17.9 Å². The van der Waals surface area contributed by atoms with Gasteiger partial charge in [-0.3, -0.25) is 0 Å². The second-order valence-electron chi connectivity index (χ2n) is 10.9. The molecule has 220 valence electrons. The summed E-state index contributed by atoms with van der Waals surface area (Å²) >= 11 is 0. The van der Waals surface area contributed by atoms with Crippen molar-refractivity contribution in [1.82, 2.24) is 14.7 Å². The van der Waals surface area contributed by atoms with Crippen LogP contribution >= 0.6 is 0 Å². The first-order valence-corrected chi connectivity index (χ1v) is 13.5. The highest BCUT2D eigenvalue weighted by molar-refractivity contribution is 5.75. The Balaban J connectivity index is 1.60. The zero-order chi connectivity index (χ0) is 29.2. The van der Waals surface area contributed by atoms with Crippen LogP contribution in [0.1, 0.15) is 72.4 Å². The van der Waals surface area contributed by atoms with Crippen LogP contribution in [0.5, 0.6) is 0 Å². The standard InChI is InChI=1S/C29H34F7N3O/c1-19-13-23(30)7-8-25(19)26-17-24(38-10-5-3-4-6-11-38)9-12-39(26)27(40)37(2)18-20-14-21(28(31,32)33)16-22(15-20)29(34,35)36/h7-8,13-16,24,26H,3-6,9-12,17-18H2,1-2H3/t24-,26+/m0/s1. The number of benzene rings is 2. The second-order valence-corrected chi connectivity index (χ2v) is 10.9. The Morgan fingerprint density at radius 3 is 2.05 bits per heavy atom. The van der Waals surface area contributed by atoms with Crippen LogP contribution in [-0.4, -0.2) is 53.5 Å². The average Bonchev–Trinajstić information content (AvgIpc) is 3.16. The van der Waals surface area contributed by atoms with Crippen molar-refractivity contribution in [2.75, 3.05) is 26.7 Å². The maximum Gasteiger partial charge on any atom is 0.416 e. The van der Waals surface area contributed by atoms with Gasteiger partial charge in [0, 0.05) is 26.2 Å². The van der Waals surface area contributed by atoms with Gasteiger partial charge in [-0.2, -0.15) is 26.3 Å². The Hall–Kier alpha value is -2.82. The largest absolute Gasteiger partial charge is 0.416 e. The third-order valence-electron chi connectivity index (χ3n) is 7.96. The van der Waals surface area contributed by atoms with E-state index < -0.39 is 47.9 Å². The van der Waals surface area contributed by atoms with Crippen LogP contribution in [0, 0.1) is 12.7 Å². The van der Waals surface area contributed by atoms with Gasteiger partial charge in [-0.05, 0) is 92.7 Å². The summed E-state index contributed by atoms with van der Waals surface area (Å²) in [6, 6.07) is 5.05. The molecule has 2 amide bonds. The maximum absolute atomic E-state index is 13.9. The molecule has 2 saturated heterocycles. The number of urea groups is 1. The van der Waals surface area contributed by atoms with E-state index >= 15 is 0 Å². The van der Waals surface area contributed by atoms with Gasteiger partial charge in [0.1, 0.15) is 5.82 Å². The van der Waals surface area contributed by atoms with Crippen molar-refractivity contribution in [3.05, 3.63) is 70.0 Å². The molecule has 2 heterocycles. The number of piperidine rings is 1. The predicted octanol–water partition coefficient (Wildman–Crippen LogP) is 7.81. The number of rotatable bonds is 4. The topological polar surface area (TPSA) is 26.8 Å². The minimum absolute atomic E-state index is 0.0757. The van der Waals surface area contributed by atoms with E-state index in [-0.39, 0.29) is 17.7 Å². The number of hydrogen-bond acceptors (Lipinski definition) is 2. The fourth-order valence-electron chi connectivity index (χ4n) is 5.95. The van der Waals surface area contributed by atoms with Gasteiger partial charge >= 0.3 is 18.4 Å². The van der Waals surface area contributed by atoms with Crippen molar-refractivity contribution in [3.8, 4) is 0 Å². The molecule has 2 fully saturated rings. The predicted molar refractivity (Wildman–Crippen MR) is 137 cm³/mol. The highest BCUT2D eigenvalue weighted by Crippen LogP contribution is 2.38. The lowest BCUT2D eigenvalue weighted by molar-refractivity contribution is -0.143. The Labute approximate surface area is 229 Å². The summed E-state index contributed by atoms with van der Waals surface area (Å²) in [5.41, 5.74) is -1.66. The number of amides is 2. The quantitative estimate of drug-likeness (QED) is 0.349. The van der Waals surface area contributed by atoms with E-state index in [4.69, 9.17) is 0 Å². The molecular formula is C29H34F7N3O. The van der Waals surface area contributed by atoms with Gasteiger partial charge in [0.2, 0.25) is 0 Å². The molecule has 0 N–H and O–H groups in total. The van der Waals surface area contributed by atoms with Gasteiger partial charge in [0.15, 0.2) is 0 Å². The molecule has 40 heavy (non-hydrogen) atoms. The average molecular weight is 574 g/mol. The molecule has 2 aromatic carbocycles. The SMILES string of the molecule is Cc1cc(F)ccc1[C@H]1C[C@@H](N2CCCCCC2)CCN1C(=O)N(C)Cc1cc(C(F)(F)F)cc(C(F)(F)F)c1. The monoisotopic (exact) mass is 573 g/mol. The molecule has 4 rings (SSSR count). The number of likely N-dealkylation sites (tertiary alicyclic amines) is 2. The number of halogens is 7. The number of aryl methyl sites for hydroxylation is 1. The molecule has 2 aliphatic rings. The van der Waals surface area contributed by atoms with Crippen LogP contribution in [0.2, 0.25) is 0 Å². The summed E-state index contributed by atoms with van der Waals surface area (Å²) in [4.78, 5) is 18.9. The van der Waals surface area contributed by atoms with Crippen molar-refractivity contribution >= 4 is 6.03 Å². The molecule has 0 spiro atoms. The molecule has 2 aliphatic heterocycles. The number of carbonyl (C=O) groups is 1. The fourth-order valence-corrected chi connectivity index (χ4v) is 5.95. The van der Waals surface area contributed by atoms with Gasteiger partial charge in [0.25, 0.3) is 0 Å². The minimum Gasteiger partial charge on any atom is -0.323 e. The molecule has 0 bridgehead atoms.